The highest BCUT2D eigenvalue weighted by Gasteiger charge is 2.42. The SMILES string of the molecule is CCN1N=NN(c2c(C(C)C)cc(Oc3ccccc3)cc2C(C)C)C1S(=O)(=O)O. The first-order valence-corrected chi connectivity index (χ1v) is 11.5. The smallest absolute Gasteiger partial charge is 0.309 e. The average Bonchev–Trinajstić information content (AvgIpc) is 3.12. The Hall–Kier alpha value is -2.65. The molecule has 3 rings (SSSR count). The molecule has 2 aromatic carbocycles. The van der Waals surface area contributed by atoms with Crippen molar-refractivity contribution < 1.29 is 17.7 Å². The number of hydrogen-bond donors (Lipinski definition) is 1. The van der Waals surface area contributed by atoms with Crippen molar-refractivity contribution in [3.05, 3.63) is 53.6 Å². The van der Waals surface area contributed by atoms with Gasteiger partial charge >= 0.3 is 10.1 Å². The Balaban J connectivity index is 2.17. The first-order chi connectivity index (χ1) is 14.1. The third-order valence-corrected chi connectivity index (χ3v) is 5.88. The van der Waals surface area contributed by atoms with Crippen molar-refractivity contribution in [2.24, 2.45) is 10.4 Å². The molecule has 0 aliphatic carbocycles. The van der Waals surface area contributed by atoms with Gasteiger partial charge in [-0.2, -0.15) is 8.42 Å². The highest BCUT2D eigenvalue weighted by atomic mass is 32.2. The summed E-state index contributed by atoms with van der Waals surface area (Å²) in [6.07, 6.45) is 0. The van der Waals surface area contributed by atoms with E-state index in [9.17, 15) is 13.0 Å². The summed E-state index contributed by atoms with van der Waals surface area (Å²) < 4.78 is 40.3. The van der Waals surface area contributed by atoms with Gasteiger partial charge in [0.1, 0.15) is 11.5 Å². The third kappa shape index (κ3) is 4.41. The number of rotatable bonds is 7. The summed E-state index contributed by atoms with van der Waals surface area (Å²) in [6, 6.07) is 13.3. The van der Waals surface area contributed by atoms with Crippen LogP contribution >= 0.6 is 0 Å². The van der Waals surface area contributed by atoms with Crippen molar-refractivity contribution in [3.8, 4) is 11.5 Å². The molecule has 1 unspecified atom stereocenters. The maximum atomic E-state index is 12.2. The molecule has 0 aromatic heterocycles. The van der Waals surface area contributed by atoms with E-state index in [0.29, 0.717) is 17.2 Å². The minimum Gasteiger partial charge on any atom is -0.457 e. The molecule has 0 radical (unpaired) electrons. The molecule has 0 fully saturated rings. The topological polar surface area (TPSA) is 94.8 Å². The van der Waals surface area contributed by atoms with Crippen LogP contribution in [0.15, 0.2) is 52.9 Å². The van der Waals surface area contributed by atoms with Crippen LogP contribution < -0.4 is 9.75 Å². The Labute approximate surface area is 177 Å². The van der Waals surface area contributed by atoms with E-state index in [1.165, 1.54) is 10.0 Å². The van der Waals surface area contributed by atoms with Gasteiger partial charge in [-0.15, -0.1) is 0 Å². The molecular weight excluding hydrogens is 404 g/mol. The van der Waals surface area contributed by atoms with Crippen molar-refractivity contribution in [1.82, 2.24) is 5.01 Å². The summed E-state index contributed by atoms with van der Waals surface area (Å²) in [7, 11) is -4.47. The fraction of sp³-hybridized carbons (Fsp3) is 0.429. The van der Waals surface area contributed by atoms with E-state index < -0.39 is 15.6 Å². The Bertz CT molecular complexity index is 994. The first-order valence-electron chi connectivity index (χ1n) is 9.98. The van der Waals surface area contributed by atoms with Crippen LogP contribution in [0.1, 0.15) is 57.6 Å². The lowest BCUT2D eigenvalue weighted by molar-refractivity contribution is 0.284. The Kier molecular flexibility index (Phi) is 6.33. The second-order valence-corrected chi connectivity index (χ2v) is 9.25. The van der Waals surface area contributed by atoms with Crippen molar-refractivity contribution >= 4 is 15.8 Å². The van der Waals surface area contributed by atoms with Gasteiger partial charge in [0.15, 0.2) is 0 Å². The van der Waals surface area contributed by atoms with Gasteiger partial charge in [0.25, 0.3) is 5.50 Å². The maximum absolute atomic E-state index is 12.2. The zero-order valence-electron chi connectivity index (χ0n) is 17.8. The van der Waals surface area contributed by atoms with Crippen LogP contribution in [-0.2, 0) is 10.1 Å². The lowest BCUT2D eigenvalue weighted by Crippen LogP contribution is -2.45. The Morgan fingerprint density at radius 2 is 1.57 bits per heavy atom. The van der Waals surface area contributed by atoms with Crippen LogP contribution in [0.4, 0.5) is 5.69 Å². The largest absolute Gasteiger partial charge is 0.457 e. The predicted molar refractivity (Wildman–Crippen MR) is 116 cm³/mol. The van der Waals surface area contributed by atoms with Crippen LogP contribution in [0.3, 0.4) is 0 Å². The van der Waals surface area contributed by atoms with Crippen molar-refractivity contribution in [2.75, 3.05) is 11.6 Å². The van der Waals surface area contributed by atoms with Gasteiger partial charge in [-0.05, 0) is 64.6 Å². The number of para-hydroxylation sites is 1. The fourth-order valence-electron chi connectivity index (χ4n) is 3.44. The number of benzene rings is 2. The molecule has 0 spiro atoms. The molecule has 8 nitrogen and oxygen atoms in total. The summed E-state index contributed by atoms with van der Waals surface area (Å²) in [4.78, 5) is 0. The monoisotopic (exact) mass is 432 g/mol. The number of ether oxygens (including phenoxy) is 1. The predicted octanol–water partition coefficient (Wildman–Crippen LogP) is 5.32. The van der Waals surface area contributed by atoms with Gasteiger partial charge in [-0.25, -0.2) is 10.0 Å². The van der Waals surface area contributed by atoms with Crippen LogP contribution in [0.2, 0.25) is 0 Å². The zero-order chi connectivity index (χ0) is 22.1. The summed E-state index contributed by atoms with van der Waals surface area (Å²) in [5.74, 6) is 1.46. The Morgan fingerprint density at radius 1 is 1.00 bits per heavy atom. The van der Waals surface area contributed by atoms with Gasteiger partial charge in [0.05, 0.1) is 5.69 Å². The summed E-state index contributed by atoms with van der Waals surface area (Å²) in [5.41, 5.74) is 0.941. The normalized spacial score (nSPS) is 16.7. The van der Waals surface area contributed by atoms with E-state index in [4.69, 9.17) is 4.74 Å². The number of anilines is 1. The first kappa shape index (κ1) is 22.0. The van der Waals surface area contributed by atoms with E-state index in [0.717, 1.165) is 11.1 Å². The molecule has 0 saturated heterocycles. The van der Waals surface area contributed by atoms with E-state index >= 15 is 0 Å². The summed E-state index contributed by atoms with van der Waals surface area (Å²) in [5, 5.41) is 10.6. The molecule has 0 saturated carbocycles. The van der Waals surface area contributed by atoms with Crippen molar-refractivity contribution in [3.63, 3.8) is 0 Å². The molecule has 2 aromatic rings. The summed E-state index contributed by atoms with van der Waals surface area (Å²) >= 11 is 0. The van der Waals surface area contributed by atoms with Crippen molar-refractivity contribution in [2.45, 2.75) is 52.0 Å². The van der Waals surface area contributed by atoms with Crippen molar-refractivity contribution in [1.29, 1.82) is 0 Å². The molecule has 1 atom stereocenters. The molecular formula is C21H28N4O4S. The fourth-order valence-corrected chi connectivity index (χ4v) is 4.34. The minimum absolute atomic E-state index is 0.0461. The standard InChI is InChI=1S/C21H28N4O4S/c1-6-24-21(30(26,27)28)25(23-22-24)20-18(14(2)3)12-17(13-19(20)15(4)5)29-16-10-8-7-9-11-16/h7-15,21H,6H2,1-5H3,(H,26,27,28). The highest BCUT2D eigenvalue weighted by Crippen LogP contribution is 2.42. The number of hydrogen-bond acceptors (Lipinski definition) is 7. The van der Waals surface area contributed by atoms with Crippen LogP contribution in [0.5, 0.6) is 11.5 Å². The quantitative estimate of drug-likeness (QED) is 0.595. The van der Waals surface area contributed by atoms with Gasteiger partial charge in [-0.1, -0.05) is 45.9 Å². The van der Waals surface area contributed by atoms with Crippen LogP contribution in [0, 0.1) is 0 Å². The third-order valence-electron chi connectivity index (χ3n) is 4.90. The molecule has 0 amide bonds. The van der Waals surface area contributed by atoms with E-state index in [-0.39, 0.29) is 18.4 Å². The molecule has 1 aliphatic rings. The Morgan fingerprint density at radius 3 is 2.03 bits per heavy atom. The lowest BCUT2D eigenvalue weighted by Gasteiger charge is -2.30. The molecule has 30 heavy (non-hydrogen) atoms. The maximum Gasteiger partial charge on any atom is 0.309 e. The molecule has 162 valence electrons. The lowest BCUT2D eigenvalue weighted by atomic mass is 9.92. The minimum atomic E-state index is -4.47. The van der Waals surface area contributed by atoms with E-state index in [1.54, 1.807) is 6.92 Å². The van der Waals surface area contributed by atoms with Gasteiger partial charge in [0, 0.05) is 6.54 Å². The van der Waals surface area contributed by atoms with Gasteiger partial charge in [-0.3, -0.25) is 4.55 Å². The van der Waals surface area contributed by atoms with Crippen LogP contribution in [-0.4, -0.2) is 30.0 Å². The average molecular weight is 433 g/mol. The van der Waals surface area contributed by atoms with Gasteiger partial charge in [0.2, 0.25) is 0 Å². The van der Waals surface area contributed by atoms with Crippen LogP contribution in [0.25, 0.3) is 0 Å². The molecule has 0 bridgehead atoms. The second kappa shape index (κ2) is 8.61. The molecule has 1 N–H and O–H groups in total. The molecule has 9 heteroatoms. The molecule has 1 heterocycles. The van der Waals surface area contributed by atoms with Gasteiger partial charge < -0.3 is 4.74 Å². The highest BCUT2D eigenvalue weighted by molar-refractivity contribution is 7.86. The van der Waals surface area contributed by atoms with E-state index in [2.05, 4.69) is 10.4 Å². The molecule has 1 aliphatic heterocycles. The zero-order valence-corrected chi connectivity index (χ0v) is 18.7. The van der Waals surface area contributed by atoms with E-state index in [1.807, 2.05) is 70.2 Å². The number of nitrogens with zero attached hydrogens (tertiary/aromatic N) is 4. The summed E-state index contributed by atoms with van der Waals surface area (Å²) in [6.45, 7) is 10.1. The second-order valence-electron chi connectivity index (χ2n) is 7.80.